The molecular weight excluding hydrogens is 503 g/mol. The van der Waals surface area contributed by atoms with E-state index >= 15 is 0 Å². The van der Waals surface area contributed by atoms with E-state index < -0.39 is 0 Å². The molecule has 4 heterocycles. The van der Waals surface area contributed by atoms with Gasteiger partial charge in [-0.2, -0.15) is 0 Å². The first-order valence-corrected chi connectivity index (χ1v) is 14.6. The van der Waals surface area contributed by atoms with Gasteiger partial charge in [0.15, 0.2) is 0 Å². The SMILES string of the molecule is c1ccc(N2c3ccccc3B3c4ccccc4-n4c5ccc6sc7ccccc7c6c5c5ccc2c3c54)cc1. The van der Waals surface area contributed by atoms with Crippen molar-refractivity contribution in [2.45, 2.75) is 0 Å². The number of rotatable bonds is 1. The second-order valence-electron chi connectivity index (χ2n) is 10.9. The third-order valence-corrected chi connectivity index (χ3v) is 10.1. The number of hydrogen-bond acceptors (Lipinski definition) is 2. The van der Waals surface area contributed by atoms with Crippen LogP contribution in [-0.4, -0.2) is 11.3 Å². The third kappa shape index (κ3) is 2.46. The molecule has 0 bridgehead atoms. The molecule has 0 fully saturated rings. The quantitative estimate of drug-likeness (QED) is 0.199. The molecule has 0 atom stereocenters. The average molecular weight is 524 g/mol. The van der Waals surface area contributed by atoms with Crippen LogP contribution in [0.3, 0.4) is 0 Å². The predicted molar refractivity (Wildman–Crippen MR) is 173 cm³/mol. The molecule has 2 aliphatic rings. The fourth-order valence-corrected chi connectivity index (χ4v) is 8.60. The summed E-state index contributed by atoms with van der Waals surface area (Å²) < 4.78 is 5.25. The summed E-state index contributed by atoms with van der Waals surface area (Å²) in [4.78, 5) is 2.46. The van der Waals surface area contributed by atoms with Crippen LogP contribution in [-0.2, 0) is 0 Å². The molecule has 0 saturated heterocycles. The molecule has 2 nitrogen and oxygen atoms in total. The number of anilines is 3. The molecule has 0 unspecified atom stereocenters. The van der Waals surface area contributed by atoms with Crippen molar-refractivity contribution in [3.8, 4) is 5.69 Å². The Morgan fingerprint density at radius 2 is 1.23 bits per heavy atom. The highest BCUT2D eigenvalue weighted by molar-refractivity contribution is 7.26. The third-order valence-electron chi connectivity index (χ3n) is 8.97. The Hall–Kier alpha value is -4.80. The van der Waals surface area contributed by atoms with Gasteiger partial charge >= 0.3 is 0 Å². The second kappa shape index (κ2) is 7.44. The molecular formula is C36H21BN2S. The van der Waals surface area contributed by atoms with Gasteiger partial charge in [-0.1, -0.05) is 78.9 Å². The minimum atomic E-state index is 0.178. The number of nitrogens with zero attached hydrogens (tertiary/aromatic N) is 2. The molecule has 0 spiro atoms. The number of aromatic nitrogens is 1. The fraction of sp³-hybridized carbons (Fsp3) is 0. The van der Waals surface area contributed by atoms with Crippen LogP contribution >= 0.6 is 11.3 Å². The molecule has 8 aromatic rings. The van der Waals surface area contributed by atoms with E-state index in [1.54, 1.807) is 0 Å². The molecule has 0 radical (unpaired) electrons. The largest absolute Gasteiger partial charge is 0.311 e. The second-order valence-corrected chi connectivity index (χ2v) is 12.0. The zero-order valence-corrected chi connectivity index (χ0v) is 22.3. The average Bonchev–Trinajstić information content (AvgIpc) is 3.56. The minimum absolute atomic E-state index is 0.178. The number of benzene rings is 6. The highest BCUT2D eigenvalue weighted by atomic mass is 32.1. The van der Waals surface area contributed by atoms with Crippen molar-refractivity contribution in [1.29, 1.82) is 0 Å². The molecule has 10 rings (SSSR count). The molecule has 0 N–H and O–H groups in total. The lowest BCUT2D eigenvalue weighted by molar-refractivity contribution is 1.18. The van der Waals surface area contributed by atoms with Crippen LogP contribution in [0.4, 0.5) is 17.1 Å². The predicted octanol–water partition coefficient (Wildman–Crippen LogP) is 7.76. The molecule has 0 amide bonds. The first-order valence-electron chi connectivity index (χ1n) is 13.8. The Morgan fingerprint density at radius 1 is 0.500 bits per heavy atom. The summed E-state index contributed by atoms with van der Waals surface area (Å²) in [6, 6.07) is 47.1. The van der Waals surface area contributed by atoms with Gasteiger partial charge in [0.2, 0.25) is 0 Å². The maximum atomic E-state index is 2.55. The van der Waals surface area contributed by atoms with Crippen molar-refractivity contribution < 1.29 is 0 Å². The van der Waals surface area contributed by atoms with E-state index in [9.17, 15) is 0 Å². The van der Waals surface area contributed by atoms with Crippen molar-refractivity contribution in [3.05, 3.63) is 127 Å². The van der Waals surface area contributed by atoms with Crippen LogP contribution < -0.4 is 21.3 Å². The summed E-state index contributed by atoms with van der Waals surface area (Å²) in [6.07, 6.45) is 0. The first-order chi connectivity index (χ1) is 19.9. The van der Waals surface area contributed by atoms with Gasteiger partial charge in [-0.05, 0) is 64.9 Å². The standard InChI is InChI=1S/C36H21BN2S/c1-2-10-22(11-3-1)38-27-15-7-5-13-25(27)37-26-14-6-8-16-28(26)39-29-20-21-32-34(23-12-4-9-17-31(23)40-32)33(29)24-18-19-30(38)35(37)36(24)39/h1-21H. The normalized spacial score (nSPS) is 13.4. The van der Waals surface area contributed by atoms with Gasteiger partial charge in [-0.3, -0.25) is 0 Å². The van der Waals surface area contributed by atoms with Crippen molar-refractivity contribution in [3.63, 3.8) is 0 Å². The van der Waals surface area contributed by atoms with Gasteiger partial charge < -0.3 is 9.47 Å². The summed E-state index contributed by atoms with van der Waals surface area (Å²) in [5.41, 5.74) is 11.8. The molecule has 4 heteroatoms. The van der Waals surface area contributed by atoms with E-state index in [2.05, 4.69) is 137 Å². The van der Waals surface area contributed by atoms with E-state index in [1.807, 2.05) is 11.3 Å². The van der Waals surface area contributed by atoms with Gasteiger partial charge in [0.05, 0.1) is 11.0 Å². The summed E-state index contributed by atoms with van der Waals surface area (Å²) in [5, 5.41) is 5.45. The van der Waals surface area contributed by atoms with Gasteiger partial charge in [0.25, 0.3) is 6.71 Å². The van der Waals surface area contributed by atoms with E-state index in [-0.39, 0.29) is 6.71 Å². The van der Waals surface area contributed by atoms with E-state index in [4.69, 9.17) is 0 Å². The lowest BCUT2D eigenvalue weighted by atomic mass is 9.34. The molecule has 2 aromatic heterocycles. The van der Waals surface area contributed by atoms with Crippen molar-refractivity contribution >= 4 is 93.5 Å². The molecule has 6 aromatic carbocycles. The maximum absolute atomic E-state index is 2.55. The Balaban J connectivity index is 1.45. The Kier molecular flexibility index (Phi) is 3.92. The van der Waals surface area contributed by atoms with Gasteiger partial charge in [-0.25, -0.2) is 0 Å². The van der Waals surface area contributed by atoms with Crippen LogP contribution in [0.25, 0.3) is 47.7 Å². The van der Waals surface area contributed by atoms with E-state index in [0.29, 0.717) is 0 Å². The number of para-hydroxylation sites is 3. The van der Waals surface area contributed by atoms with Crippen LogP contribution in [0, 0.1) is 0 Å². The monoisotopic (exact) mass is 524 g/mol. The van der Waals surface area contributed by atoms with Crippen molar-refractivity contribution in [1.82, 2.24) is 4.57 Å². The van der Waals surface area contributed by atoms with Gasteiger partial charge in [0, 0.05) is 53.7 Å². The van der Waals surface area contributed by atoms with Crippen molar-refractivity contribution in [2.24, 2.45) is 0 Å². The summed E-state index contributed by atoms with van der Waals surface area (Å²) in [6.45, 7) is 0.178. The molecule has 40 heavy (non-hydrogen) atoms. The molecule has 184 valence electrons. The first kappa shape index (κ1) is 21.1. The highest BCUT2D eigenvalue weighted by Gasteiger charge is 2.41. The number of hydrogen-bond donors (Lipinski definition) is 0. The van der Waals surface area contributed by atoms with Crippen molar-refractivity contribution in [2.75, 3.05) is 4.90 Å². The Bertz CT molecular complexity index is 2350. The zero-order chi connectivity index (χ0) is 25.9. The zero-order valence-electron chi connectivity index (χ0n) is 21.5. The number of thiophene rings is 1. The Morgan fingerprint density at radius 3 is 2.10 bits per heavy atom. The number of fused-ring (bicyclic) bond motifs is 12. The minimum Gasteiger partial charge on any atom is -0.311 e. The van der Waals surface area contributed by atoms with Gasteiger partial charge in [0.1, 0.15) is 0 Å². The van der Waals surface area contributed by atoms with Crippen LogP contribution in [0.1, 0.15) is 0 Å². The van der Waals surface area contributed by atoms with Crippen LogP contribution in [0.5, 0.6) is 0 Å². The molecule has 0 aliphatic carbocycles. The van der Waals surface area contributed by atoms with E-state index in [0.717, 1.165) is 0 Å². The summed E-state index contributed by atoms with van der Waals surface area (Å²) in [7, 11) is 0. The van der Waals surface area contributed by atoms with Gasteiger partial charge in [-0.15, -0.1) is 11.3 Å². The van der Waals surface area contributed by atoms with E-state index in [1.165, 1.54) is 81.1 Å². The summed E-state index contributed by atoms with van der Waals surface area (Å²) >= 11 is 1.90. The fourth-order valence-electron chi connectivity index (χ4n) is 7.49. The summed E-state index contributed by atoms with van der Waals surface area (Å²) in [5.74, 6) is 0. The lowest BCUT2D eigenvalue weighted by Crippen LogP contribution is -2.60. The maximum Gasteiger partial charge on any atom is 0.252 e. The van der Waals surface area contributed by atoms with Crippen LogP contribution in [0.2, 0.25) is 0 Å². The molecule has 0 saturated carbocycles. The Labute approximate surface area is 235 Å². The topological polar surface area (TPSA) is 8.17 Å². The molecule has 2 aliphatic heterocycles. The smallest absolute Gasteiger partial charge is 0.252 e. The van der Waals surface area contributed by atoms with Crippen LogP contribution in [0.15, 0.2) is 127 Å². The highest BCUT2D eigenvalue weighted by Crippen LogP contribution is 2.46. The lowest BCUT2D eigenvalue weighted by Gasteiger charge is -2.39.